The number of hydrogen-bond acceptors (Lipinski definition) is 5. The Balaban J connectivity index is 1.94. The van der Waals surface area contributed by atoms with Crippen LogP contribution in [0.25, 0.3) is 11.0 Å². The maximum absolute atomic E-state index is 6.06. The summed E-state index contributed by atoms with van der Waals surface area (Å²) in [5, 5.41) is 0.615. The number of aromatic nitrogens is 2. The van der Waals surface area contributed by atoms with Crippen molar-refractivity contribution in [2.75, 3.05) is 30.1 Å². The Morgan fingerprint density at radius 1 is 1.47 bits per heavy atom. The molecule has 0 radical (unpaired) electrons. The molecule has 2 N–H and O–H groups in total. The molecule has 4 nitrogen and oxygen atoms in total. The molecule has 0 spiro atoms. The molecule has 0 bridgehead atoms. The predicted octanol–water partition coefficient (Wildman–Crippen LogP) is 2.48. The van der Waals surface area contributed by atoms with Gasteiger partial charge in [0.25, 0.3) is 0 Å². The standard InChI is InChI=1S/C13H17N3OS2/c1-17-9-2-3-11-12(6-9)16(13(14)15-11)7-10-8-18-4-5-19-10/h2-3,6,10H,4-5,7-8H2,1H3,(H2,14,15). The molecule has 0 amide bonds. The molecule has 102 valence electrons. The molecular formula is C13H17N3OS2. The summed E-state index contributed by atoms with van der Waals surface area (Å²) < 4.78 is 7.40. The summed E-state index contributed by atoms with van der Waals surface area (Å²) in [4.78, 5) is 4.42. The fourth-order valence-corrected chi connectivity index (χ4v) is 4.94. The van der Waals surface area contributed by atoms with E-state index in [0.29, 0.717) is 11.2 Å². The Morgan fingerprint density at radius 2 is 2.37 bits per heavy atom. The summed E-state index contributed by atoms with van der Waals surface area (Å²) in [6.07, 6.45) is 0. The van der Waals surface area contributed by atoms with Crippen LogP contribution >= 0.6 is 23.5 Å². The maximum Gasteiger partial charge on any atom is 0.201 e. The normalized spacial score (nSPS) is 19.7. The summed E-state index contributed by atoms with van der Waals surface area (Å²) in [6.45, 7) is 0.924. The summed E-state index contributed by atoms with van der Waals surface area (Å²) in [5.41, 5.74) is 8.06. The first-order valence-electron chi connectivity index (χ1n) is 6.27. The van der Waals surface area contributed by atoms with Gasteiger partial charge in [0, 0.05) is 35.1 Å². The highest BCUT2D eigenvalue weighted by atomic mass is 32.2. The Bertz CT molecular complexity index is 579. The smallest absolute Gasteiger partial charge is 0.201 e. The lowest BCUT2D eigenvalue weighted by Gasteiger charge is -2.22. The first-order valence-corrected chi connectivity index (χ1v) is 8.47. The van der Waals surface area contributed by atoms with Gasteiger partial charge in [0.2, 0.25) is 5.95 Å². The third kappa shape index (κ3) is 2.65. The van der Waals surface area contributed by atoms with Gasteiger partial charge < -0.3 is 15.0 Å². The highest BCUT2D eigenvalue weighted by Gasteiger charge is 2.18. The number of nitrogens with two attached hydrogens (primary N) is 1. The lowest BCUT2D eigenvalue weighted by molar-refractivity contribution is 0.415. The van der Waals surface area contributed by atoms with E-state index in [9.17, 15) is 0 Å². The van der Waals surface area contributed by atoms with Gasteiger partial charge in [-0.05, 0) is 12.1 Å². The van der Waals surface area contributed by atoms with Crippen LogP contribution < -0.4 is 10.5 Å². The number of rotatable bonds is 3. The second-order valence-corrected chi connectivity index (χ2v) is 7.06. The quantitative estimate of drug-likeness (QED) is 0.943. The van der Waals surface area contributed by atoms with E-state index in [1.807, 2.05) is 41.7 Å². The fraction of sp³-hybridized carbons (Fsp3) is 0.462. The third-order valence-electron chi connectivity index (χ3n) is 3.26. The van der Waals surface area contributed by atoms with Crippen LogP contribution in [0.4, 0.5) is 5.95 Å². The Hall–Kier alpha value is -1.01. The van der Waals surface area contributed by atoms with Crippen LogP contribution in [0, 0.1) is 0 Å². The molecule has 19 heavy (non-hydrogen) atoms. The summed E-state index contributed by atoms with van der Waals surface area (Å²) in [6, 6.07) is 5.90. The monoisotopic (exact) mass is 295 g/mol. The van der Waals surface area contributed by atoms with Crippen molar-refractivity contribution in [3.8, 4) is 5.75 Å². The van der Waals surface area contributed by atoms with Crippen molar-refractivity contribution in [1.29, 1.82) is 0 Å². The van der Waals surface area contributed by atoms with Gasteiger partial charge >= 0.3 is 0 Å². The minimum absolute atomic E-state index is 0.597. The van der Waals surface area contributed by atoms with E-state index in [-0.39, 0.29) is 0 Å². The number of anilines is 1. The van der Waals surface area contributed by atoms with Crippen LogP contribution in [0.1, 0.15) is 0 Å². The van der Waals surface area contributed by atoms with Crippen molar-refractivity contribution in [2.45, 2.75) is 11.8 Å². The molecular weight excluding hydrogens is 278 g/mol. The highest BCUT2D eigenvalue weighted by Crippen LogP contribution is 2.29. The zero-order valence-electron chi connectivity index (χ0n) is 10.8. The molecule has 0 aliphatic carbocycles. The van der Waals surface area contributed by atoms with Gasteiger partial charge in [-0.1, -0.05) is 0 Å². The number of ether oxygens (including phenoxy) is 1. The van der Waals surface area contributed by atoms with Crippen LogP contribution in [0.5, 0.6) is 5.75 Å². The molecule has 1 saturated heterocycles. The molecule has 3 rings (SSSR count). The molecule has 1 aromatic carbocycles. The van der Waals surface area contributed by atoms with Crippen molar-refractivity contribution in [1.82, 2.24) is 9.55 Å². The average molecular weight is 295 g/mol. The topological polar surface area (TPSA) is 53.1 Å². The van der Waals surface area contributed by atoms with Crippen LogP contribution in [-0.4, -0.2) is 39.2 Å². The molecule has 2 heterocycles. The first-order chi connectivity index (χ1) is 9.28. The SMILES string of the molecule is COc1ccc2nc(N)n(CC3CSCCS3)c2c1. The van der Waals surface area contributed by atoms with E-state index >= 15 is 0 Å². The predicted molar refractivity (Wildman–Crippen MR) is 84.3 cm³/mol. The molecule has 1 unspecified atom stereocenters. The van der Waals surface area contributed by atoms with Crippen LogP contribution in [0.2, 0.25) is 0 Å². The zero-order chi connectivity index (χ0) is 13.2. The van der Waals surface area contributed by atoms with Crippen molar-refractivity contribution in [3.05, 3.63) is 18.2 Å². The fourth-order valence-electron chi connectivity index (χ4n) is 2.29. The number of imidazole rings is 1. The van der Waals surface area contributed by atoms with Gasteiger partial charge in [-0.3, -0.25) is 0 Å². The number of nitrogens with zero attached hydrogens (tertiary/aromatic N) is 2. The van der Waals surface area contributed by atoms with Crippen molar-refractivity contribution in [2.24, 2.45) is 0 Å². The van der Waals surface area contributed by atoms with E-state index in [1.54, 1.807) is 7.11 Å². The maximum atomic E-state index is 6.06. The van der Waals surface area contributed by atoms with E-state index in [2.05, 4.69) is 9.55 Å². The number of nitrogen functional groups attached to an aromatic ring is 1. The Labute approximate surface area is 121 Å². The molecule has 1 aliphatic rings. The van der Waals surface area contributed by atoms with Crippen LogP contribution in [0.3, 0.4) is 0 Å². The van der Waals surface area contributed by atoms with Crippen LogP contribution in [0.15, 0.2) is 18.2 Å². The molecule has 1 aromatic heterocycles. The second kappa shape index (κ2) is 5.54. The molecule has 0 saturated carbocycles. The van der Waals surface area contributed by atoms with E-state index in [4.69, 9.17) is 10.5 Å². The van der Waals surface area contributed by atoms with Crippen molar-refractivity contribution in [3.63, 3.8) is 0 Å². The molecule has 6 heteroatoms. The summed E-state index contributed by atoms with van der Waals surface area (Å²) >= 11 is 4.06. The first kappa shape index (κ1) is 13.0. The minimum Gasteiger partial charge on any atom is -0.497 e. The van der Waals surface area contributed by atoms with Gasteiger partial charge in [0.05, 0.1) is 18.1 Å². The lowest BCUT2D eigenvalue weighted by Crippen LogP contribution is -2.21. The number of fused-ring (bicyclic) bond motifs is 1. The van der Waals surface area contributed by atoms with Crippen LogP contribution in [-0.2, 0) is 6.54 Å². The number of benzene rings is 1. The van der Waals surface area contributed by atoms with Gasteiger partial charge in [0.15, 0.2) is 0 Å². The number of thioether (sulfide) groups is 2. The number of methoxy groups -OCH3 is 1. The minimum atomic E-state index is 0.597. The second-order valence-electron chi connectivity index (χ2n) is 4.50. The van der Waals surface area contributed by atoms with Gasteiger partial charge in [0.1, 0.15) is 5.75 Å². The highest BCUT2D eigenvalue weighted by molar-refractivity contribution is 8.06. The van der Waals surface area contributed by atoms with E-state index < -0.39 is 0 Å². The molecule has 1 aliphatic heterocycles. The van der Waals surface area contributed by atoms with Gasteiger partial charge in [-0.25, -0.2) is 4.98 Å². The zero-order valence-corrected chi connectivity index (χ0v) is 12.5. The third-order valence-corrected chi connectivity index (χ3v) is 6.08. The number of hydrogen-bond donors (Lipinski definition) is 1. The molecule has 1 atom stereocenters. The Morgan fingerprint density at radius 3 is 3.11 bits per heavy atom. The van der Waals surface area contributed by atoms with Crippen molar-refractivity contribution >= 4 is 40.5 Å². The summed E-state index contributed by atoms with van der Waals surface area (Å²) in [7, 11) is 1.68. The lowest BCUT2D eigenvalue weighted by atomic mass is 10.3. The largest absolute Gasteiger partial charge is 0.497 e. The van der Waals surface area contributed by atoms with E-state index in [0.717, 1.165) is 23.3 Å². The Kier molecular flexibility index (Phi) is 3.79. The van der Waals surface area contributed by atoms with E-state index in [1.165, 1.54) is 17.3 Å². The molecule has 2 aromatic rings. The average Bonchev–Trinajstić information content (AvgIpc) is 2.76. The summed E-state index contributed by atoms with van der Waals surface area (Å²) in [5.74, 6) is 5.12. The van der Waals surface area contributed by atoms with Gasteiger partial charge in [-0.2, -0.15) is 23.5 Å². The van der Waals surface area contributed by atoms with Gasteiger partial charge in [-0.15, -0.1) is 0 Å². The van der Waals surface area contributed by atoms with Crippen molar-refractivity contribution < 1.29 is 4.74 Å². The molecule has 1 fully saturated rings.